The first-order chi connectivity index (χ1) is 12.1. The number of hydrogen-bond acceptors (Lipinski definition) is 7. The van der Waals surface area contributed by atoms with Crippen LogP contribution in [0.5, 0.6) is 0 Å². The Morgan fingerprint density at radius 2 is 2.24 bits per heavy atom. The zero-order chi connectivity index (χ0) is 17.4. The lowest BCUT2D eigenvalue weighted by atomic mass is 10.1. The van der Waals surface area contributed by atoms with Crippen LogP contribution in [0.15, 0.2) is 58.8 Å². The van der Waals surface area contributed by atoms with Gasteiger partial charge in [0.25, 0.3) is 5.69 Å². The highest BCUT2D eigenvalue weighted by Crippen LogP contribution is 2.32. The third-order valence-corrected chi connectivity index (χ3v) is 4.01. The molecule has 1 aromatic heterocycles. The summed E-state index contributed by atoms with van der Waals surface area (Å²) in [5.41, 5.74) is 1.80. The van der Waals surface area contributed by atoms with Crippen molar-refractivity contribution in [2.75, 3.05) is 13.1 Å². The molecule has 0 spiro atoms. The first-order valence-corrected chi connectivity index (χ1v) is 7.64. The van der Waals surface area contributed by atoms with E-state index in [0.717, 1.165) is 0 Å². The van der Waals surface area contributed by atoms with Crippen molar-refractivity contribution in [3.63, 3.8) is 0 Å². The summed E-state index contributed by atoms with van der Waals surface area (Å²) in [7, 11) is 0. The number of nitro groups is 1. The summed E-state index contributed by atoms with van der Waals surface area (Å²) in [5, 5.41) is 21.4. The topological polar surface area (TPSA) is 104 Å². The predicted octanol–water partition coefficient (Wildman–Crippen LogP) is 2.69. The Morgan fingerprint density at radius 3 is 3.00 bits per heavy atom. The molecule has 2 aliphatic rings. The van der Waals surface area contributed by atoms with E-state index in [1.54, 1.807) is 36.7 Å². The zero-order valence-corrected chi connectivity index (χ0v) is 13.0. The van der Waals surface area contributed by atoms with Gasteiger partial charge in [-0.1, -0.05) is 0 Å². The summed E-state index contributed by atoms with van der Waals surface area (Å²) < 4.78 is 0. The van der Waals surface area contributed by atoms with Crippen LogP contribution in [-0.2, 0) is 0 Å². The van der Waals surface area contributed by atoms with Crippen molar-refractivity contribution < 1.29 is 10.0 Å². The quantitative estimate of drug-likeness (QED) is 0.527. The van der Waals surface area contributed by atoms with Crippen LogP contribution >= 0.6 is 0 Å². The molecule has 0 atom stereocenters. The Labute approximate surface area is 142 Å². The van der Waals surface area contributed by atoms with E-state index in [0.29, 0.717) is 41.6 Å². The molecular formula is C17H13N5O3. The molecule has 0 amide bonds. The third-order valence-electron chi connectivity index (χ3n) is 4.01. The Kier molecular flexibility index (Phi) is 3.50. The Balaban J connectivity index is 1.79. The van der Waals surface area contributed by atoms with Crippen molar-refractivity contribution in [1.82, 2.24) is 9.88 Å². The molecule has 2 aliphatic heterocycles. The summed E-state index contributed by atoms with van der Waals surface area (Å²) in [6, 6.07) is 7.98. The minimum absolute atomic E-state index is 0.000647. The number of non-ortho nitro benzene ring substituents is 1. The van der Waals surface area contributed by atoms with Crippen LogP contribution in [-0.4, -0.2) is 44.7 Å². The molecule has 3 heterocycles. The first-order valence-electron chi connectivity index (χ1n) is 7.64. The highest BCUT2D eigenvalue weighted by atomic mass is 16.6. The number of pyridine rings is 1. The van der Waals surface area contributed by atoms with E-state index in [1.807, 2.05) is 4.90 Å². The normalized spacial score (nSPS) is 16.0. The van der Waals surface area contributed by atoms with Crippen LogP contribution in [0.25, 0.3) is 5.76 Å². The fraction of sp³-hybridized carbons (Fsp3) is 0.118. The van der Waals surface area contributed by atoms with E-state index in [2.05, 4.69) is 15.0 Å². The number of rotatable bonds is 3. The number of fused-ring (bicyclic) bond motifs is 3. The Hall–Kier alpha value is -3.55. The van der Waals surface area contributed by atoms with E-state index in [-0.39, 0.29) is 11.4 Å². The Bertz CT molecular complexity index is 950. The number of amidine groups is 2. The molecule has 0 saturated carbocycles. The maximum Gasteiger partial charge on any atom is 0.270 e. The van der Waals surface area contributed by atoms with Crippen molar-refractivity contribution >= 4 is 28.8 Å². The molecule has 2 aromatic rings. The van der Waals surface area contributed by atoms with Gasteiger partial charge in [-0.25, -0.2) is 4.99 Å². The number of hydrogen-bond donors (Lipinski definition) is 1. The molecule has 1 aromatic carbocycles. The largest absolute Gasteiger partial charge is 0.507 e. The number of nitrogens with zero attached hydrogens (tertiary/aromatic N) is 5. The van der Waals surface area contributed by atoms with Gasteiger partial charge in [0.1, 0.15) is 17.4 Å². The lowest BCUT2D eigenvalue weighted by Crippen LogP contribution is -2.36. The van der Waals surface area contributed by atoms with Crippen LogP contribution < -0.4 is 0 Å². The van der Waals surface area contributed by atoms with Crippen molar-refractivity contribution in [1.29, 1.82) is 0 Å². The minimum Gasteiger partial charge on any atom is -0.507 e. The maximum atomic E-state index is 11.0. The summed E-state index contributed by atoms with van der Waals surface area (Å²) in [6.07, 6.45) is 4.75. The van der Waals surface area contributed by atoms with Gasteiger partial charge in [-0.15, -0.1) is 0 Å². The van der Waals surface area contributed by atoms with Crippen LogP contribution in [0.4, 0.5) is 11.4 Å². The fourth-order valence-corrected chi connectivity index (χ4v) is 2.83. The van der Waals surface area contributed by atoms with E-state index in [4.69, 9.17) is 0 Å². The van der Waals surface area contributed by atoms with Crippen molar-refractivity contribution in [2.45, 2.75) is 0 Å². The second-order valence-corrected chi connectivity index (χ2v) is 5.56. The average Bonchev–Trinajstić information content (AvgIpc) is 3.12. The molecule has 0 bridgehead atoms. The fourth-order valence-electron chi connectivity index (χ4n) is 2.83. The number of aliphatic hydroxyl groups excluding tert-OH is 1. The number of aliphatic imine (C=N–C) groups is 2. The molecule has 0 aliphatic carbocycles. The molecule has 0 saturated heterocycles. The van der Waals surface area contributed by atoms with E-state index >= 15 is 0 Å². The molecule has 0 unspecified atom stereocenters. The highest BCUT2D eigenvalue weighted by Gasteiger charge is 2.30. The molecule has 124 valence electrons. The first kappa shape index (κ1) is 15.0. The standard InChI is InChI=1S/C17H13N5O3/c23-15(11-2-1-5-18-10-11)9-16-20-14-4-3-12(22(24)25)8-13(14)17-19-6-7-21(16)17/h1-5,8-10,23H,6-7H2/b15-9-. The van der Waals surface area contributed by atoms with Gasteiger partial charge in [-0.3, -0.25) is 20.1 Å². The second-order valence-electron chi connectivity index (χ2n) is 5.56. The number of benzene rings is 1. The Morgan fingerprint density at radius 1 is 1.36 bits per heavy atom. The van der Waals surface area contributed by atoms with Gasteiger partial charge in [0.05, 0.1) is 17.2 Å². The van der Waals surface area contributed by atoms with E-state index < -0.39 is 4.92 Å². The summed E-state index contributed by atoms with van der Waals surface area (Å²) in [4.78, 5) is 25.4. The van der Waals surface area contributed by atoms with E-state index in [1.165, 1.54) is 12.1 Å². The molecule has 8 heteroatoms. The zero-order valence-electron chi connectivity index (χ0n) is 13.0. The molecule has 8 nitrogen and oxygen atoms in total. The molecule has 0 fully saturated rings. The van der Waals surface area contributed by atoms with Gasteiger partial charge in [-0.05, 0) is 18.2 Å². The van der Waals surface area contributed by atoms with Crippen LogP contribution in [0.2, 0.25) is 0 Å². The van der Waals surface area contributed by atoms with Crippen LogP contribution in [0, 0.1) is 10.1 Å². The van der Waals surface area contributed by atoms with Gasteiger partial charge in [0.2, 0.25) is 0 Å². The SMILES string of the molecule is O=[N+]([O-])c1ccc2c(c1)C1=NCCN1C(/C=C(\O)c1cccnc1)=N2. The smallest absolute Gasteiger partial charge is 0.270 e. The summed E-state index contributed by atoms with van der Waals surface area (Å²) in [6.45, 7) is 1.17. The van der Waals surface area contributed by atoms with Crippen LogP contribution in [0.1, 0.15) is 11.1 Å². The van der Waals surface area contributed by atoms with Gasteiger partial charge < -0.3 is 10.0 Å². The maximum absolute atomic E-state index is 11.0. The minimum atomic E-state index is -0.437. The van der Waals surface area contributed by atoms with Gasteiger partial charge >= 0.3 is 0 Å². The lowest BCUT2D eigenvalue weighted by Gasteiger charge is -2.25. The van der Waals surface area contributed by atoms with Crippen molar-refractivity contribution in [2.24, 2.45) is 9.98 Å². The molecule has 1 N–H and O–H groups in total. The number of nitro benzene ring substituents is 1. The van der Waals surface area contributed by atoms with Gasteiger partial charge in [0.15, 0.2) is 0 Å². The van der Waals surface area contributed by atoms with E-state index in [9.17, 15) is 15.2 Å². The molecule has 4 rings (SSSR count). The van der Waals surface area contributed by atoms with Crippen molar-refractivity contribution in [3.05, 3.63) is 70.0 Å². The summed E-state index contributed by atoms with van der Waals surface area (Å²) >= 11 is 0. The van der Waals surface area contributed by atoms with Gasteiger partial charge in [-0.2, -0.15) is 0 Å². The number of aromatic nitrogens is 1. The highest BCUT2D eigenvalue weighted by molar-refractivity contribution is 6.20. The van der Waals surface area contributed by atoms with Crippen LogP contribution in [0.3, 0.4) is 0 Å². The summed E-state index contributed by atoms with van der Waals surface area (Å²) in [5.74, 6) is 1.22. The lowest BCUT2D eigenvalue weighted by molar-refractivity contribution is -0.384. The molecule has 25 heavy (non-hydrogen) atoms. The average molecular weight is 335 g/mol. The monoisotopic (exact) mass is 335 g/mol. The molecular weight excluding hydrogens is 322 g/mol. The number of aliphatic hydroxyl groups is 1. The third kappa shape index (κ3) is 2.63. The predicted molar refractivity (Wildman–Crippen MR) is 93.1 cm³/mol. The van der Waals surface area contributed by atoms with Gasteiger partial charge in [0, 0.05) is 48.3 Å². The van der Waals surface area contributed by atoms with Crippen molar-refractivity contribution in [3.8, 4) is 0 Å². The second kappa shape index (κ2) is 5.82. The molecule has 0 radical (unpaired) electrons.